The average Bonchev–Trinajstić information content (AvgIpc) is 2.72. The number of hydrogen-bond acceptors (Lipinski definition) is 6. The van der Waals surface area contributed by atoms with Crippen LogP contribution < -0.4 is 4.90 Å². The second-order valence-corrected chi connectivity index (χ2v) is 6.37. The molecule has 0 spiro atoms. The van der Waals surface area contributed by atoms with Crippen molar-refractivity contribution in [1.29, 1.82) is 0 Å². The van der Waals surface area contributed by atoms with Crippen LogP contribution >= 0.6 is 0 Å². The van der Waals surface area contributed by atoms with E-state index in [-0.39, 0.29) is 18.2 Å². The molecule has 128 valence electrons. The van der Waals surface area contributed by atoms with Crippen molar-refractivity contribution in [3.05, 3.63) is 41.5 Å². The Hall–Kier alpha value is -2.51. The third-order valence-corrected chi connectivity index (χ3v) is 3.05. The molecule has 1 aliphatic rings. The highest BCUT2D eigenvalue weighted by atomic mass is 17.5. The number of rotatable bonds is 5. The summed E-state index contributed by atoms with van der Waals surface area (Å²) in [5, 5.41) is 4.42. The lowest BCUT2D eigenvalue weighted by atomic mass is 10.1. The van der Waals surface area contributed by atoms with E-state index in [4.69, 9.17) is 4.89 Å². The van der Waals surface area contributed by atoms with Gasteiger partial charge in [0.1, 0.15) is 0 Å². The molecule has 0 bridgehead atoms. The Morgan fingerprint density at radius 2 is 1.75 bits per heavy atom. The van der Waals surface area contributed by atoms with E-state index in [0.717, 1.165) is 4.90 Å². The number of nitrogens with zero attached hydrogens (tertiary/aromatic N) is 1. The summed E-state index contributed by atoms with van der Waals surface area (Å²) in [6.45, 7) is 6.83. The van der Waals surface area contributed by atoms with Gasteiger partial charge in [-0.3, -0.25) is 14.5 Å². The molecule has 0 saturated heterocycles. The summed E-state index contributed by atoms with van der Waals surface area (Å²) < 4.78 is 0. The largest absolute Gasteiger partial charge is 0.349 e. The smallest absolute Gasteiger partial charge is 0.269 e. The van der Waals surface area contributed by atoms with Gasteiger partial charge in [-0.05, 0) is 50.4 Å². The SMILES string of the molecule is CC1=CC(=O)N(c2ccc(CC(=O)OOOC(C)(C)C)cc2)C1=O. The Bertz CT molecular complexity index is 684. The van der Waals surface area contributed by atoms with E-state index in [0.29, 0.717) is 16.8 Å². The predicted molar refractivity (Wildman–Crippen MR) is 84.4 cm³/mol. The summed E-state index contributed by atoms with van der Waals surface area (Å²) in [6, 6.07) is 6.46. The lowest BCUT2D eigenvalue weighted by molar-refractivity contribution is -0.514. The molecule has 0 radical (unpaired) electrons. The molecule has 2 amide bonds. The molecule has 1 aromatic carbocycles. The molecule has 1 aromatic rings. The van der Waals surface area contributed by atoms with E-state index in [2.05, 4.69) is 9.93 Å². The molecule has 0 fully saturated rings. The van der Waals surface area contributed by atoms with Crippen LogP contribution in [0.2, 0.25) is 0 Å². The van der Waals surface area contributed by atoms with E-state index < -0.39 is 11.6 Å². The molecule has 0 saturated carbocycles. The molecule has 0 aliphatic carbocycles. The van der Waals surface area contributed by atoms with E-state index in [1.54, 1.807) is 52.0 Å². The molecule has 1 heterocycles. The number of carbonyl (C=O) groups is 3. The Morgan fingerprint density at radius 3 is 2.25 bits per heavy atom. The van der Waals surface area contributed by atoms with Gasteiger partial charge in [-0.25, -0.2) is 9.69 Å². The number of imide groups is 1. The lowest BCUT2D eigenvalue weighted by Gasteiger charge is -2.16. The Balaban J connectivity index is 1.92. The third-order valence-electron chi connectivity index (χ3n) is 3.05. The number of anilines is 1. The zero-order chi connectivity index (χ0) is 17.9. The lowest BCUT2D eigenvalue weighted by Crippen LogP contribution is -2.30. The van der Waals surface area contributed by atoms with E-state index >= 15 is 0 Å². The molecule has 0 N–H and O–H groups in total. The van der Waals surface area contributed by atoms with Gasteiger partial charge in [-0.15, -0.1) is 0 Å². The number of hydrogen-bond donors (Lipinski definition) is 0. The van der Waals surface area contributed by atoms with Gasteiger partial charge in [0.15, 0.2) is 0 Å². The van der Waals surface area contributed by atoms with E-state index in [1.165, 1.54) is 6.08 Å². The van der Waals surface area contributed by atoms with Crippen LogP contribution in [0.5, 0.6) is 0 Å². The van der Waals surface area contributed by atoms with Crippen LogP contribution in [-0.4, -0.2) is 23.4 Å². The summed E-state index contributed by atoms with van der Waals surface area (Å²) in [6.07, 6.45) is 1.26. The second-order valence-electron chi connectivity index (χ2n) is 6.37. The minimum Gasteiger partial charge on any atom is -0.269 e. The highest BCUT2D eigenvalue weighted by Gasteiger charge is 2.29. The average molecular weight is 333 g/mol. The van der Waals surface area contributed by atoms with Gasteiger partial charge < -0.3 is 0 Å². The van der Waals surface area contributed by atoms with Crippen molar-refractivity contribution in [2.75, 3.05) is 4.90 Å². The highest BCUT2D eigenvalue weighted by Crippen LogP contribution is 2.22. The van der Waals surface area contributed by atoms with Crippen molar-refractivity contribution in [1.82, 2.24) is 0 Å². The fraction of sp³-hybridized carbons (Fsp3) is 0.353. The zero-order valence-corrected chi connectivity index (χ0v) is 14.0. The van der Waals surface area contributed by atoms with Crippen molar-refractivity contribution < 1.29 is 29.2 Å². The fourth-order valence-corrected chi connectivity index (χ4v) is 1.95. The van der Waals surface area contributed by atoms with Crippen molar-refractivity contribution >= 4 is 23.5 Å². The van der Waals surface area contributed by atoms with Crippen LogP contribution in [0.25, 0.3) is 0 Å². The monoisotopic (exact) mass is 333 g/mol. The van der Waals surface area contributed by atoms with Crippen LogP contribution in [0.3, 0.4) is 0 Å². The van der Waals surface area contributed by atoms with Crippen molar-refractivity contribution in [2.24, 2.45) is 0 Å². The molecular weight excluding hydrogens is 314 g/mol. The standard InChI is InChI=1S/C17H19NO6/c1-11-9-14(19)18(16(11)21)13-7-5-12(6-8-13)10-15(20)22-24-23-17(2,3)4/h5-9H,10H2,1-4H3. The van der Waals surface area contributed by atoms with Crippen LogP contribution in [0.15, 0.2) is 35.9 Å². The summed E-state index contributed by atoms with van der Waals surface area (Å²) >= 11 is 0. The van der Waals surface area contributed by atoms with Gasteiger partial charge in [0.25, 0.3) is 11.8 Å². The van der Waals surface area contributed by atoms with Crippen LogP contribution in [0, 0.1) is 0 Å². The first-order valence-electron chi connectivity index (χ1n) is 7.38. The minimum absolute atomic E-state index is 0.0348. The maximum atomic E-state index is 11.9. The van der Waals surface area contributed by atoms with Gasteiger partial charge in [0.2, 0.25) is 0 Å². The summed E-state index contributed by atoms with van der Waals surface area (Å²) in [7, 11) is 0. The molecule has 24 heavy (non-hydrogen) atoms. The number of benzene rings is 1. The minimum atomic E-state index is -0.627. The van der Waals surface area contributed by atoms with Crippen LogP contribution in [-0.2, 0) is 35.6 Å². The van der Waals surface area contributed by atoms with Crippen molar-refractivity contribution in [3.63, 3.8) is 0 Å². The predicted octanol–water partition coefficient (Wildman–Crippen LogP) is 2.25. The van der Waals surface area contributed by atoms with Crippen molar-refractivity contribution in [3.8, 4) is 0 Å². The number of amides is 2. The maximum absolute atomic E-state index is 11.9. The molecule has 7 heteroatoms. The molecule has 1 aliphatic heterocycles. The molecule has 0 atom stereocenters. The molecule has 7 nitrogen and oxygen atoms in total. The highest BCUT2D eigenvalue weighted by molar-refractivity contribution is 6.30. The second kappa shape index (κ2) is 6.94. The van der Waals surface area contributed by atoms with Gasteiger partial charge in [0.05, 0.1) is 17.7 Å². The zero-order valence-electron chi connectivity index (χ0n) is 14.0. The molecule has 0 unspecified atom stereocenters. The van der Waals surface area contributed by atoms with E-state index in [9.17, 15) is 14.4 Å². The first-order valence-corrected chi connectivity index (χ1v) is 7.38. The van der Waals surface area contributed by atoms with Crippen LogP contribution in [0.1, 0.15) is 33.3 Å². The first kappa shape index (κ1) is 17.8. The topological polar surface area (TPSA) is 82.1 Å². The van der Waals surface area contributed by atoms with E-state index in [1.807, 2.05) is 0 Å². The fourth-order valence-electron chi connectivity index (χ4n) is 1.95. The molecule has 2 rings (SSSR count). The quantitative estimate of drug-likeness (QED) is 0.467. The van der Waals surface area contributed by atoms with Gasteiger partial charge >= 0.3 is 5.97 Å². The summed E-state index contributed by atoms with van der Waals surface area (Å²) in [5.41, 5.74) is 0.890. The molecular formula is C17H19NO6. The van der Waals surface area contributed by atoms with Crippen LogP contribution in [0.4, 0.5) is 5.69 Å². The Kier molecular flexibility index (Phi) is 5.16. The molecule has 0 aromatic heterocycles. The normalized spacial score (nSPS) is 14.8. The Labute approximate surface area is 139 Å². The van der Waals surface area contributed by atoms with Gasteiger partial charge in [-0.2, -0.15) is 4.89 Å². The van der Waals surface area contributed by atoms with Crippen molar-refractivity contribution in [2.45, 2.75) is 39.7 Å². The first-order chi connectivity index (χ1) is 11.2. The summed E-state index contributed by atoms with van der Waals surface area (Å²) in [5.74, 6) is -1.35. The maximum Gasteiger partial charge on any atom is 0.349 e. The van der Waals surface area contributed by atoms with Gasteiger partial charge in [0, 0.05) is 11.6 Å². The third kappa shape index (κ3) is 4.50. The summed E-state index contributed by atoms with van der Waals surface area (Å²) in [4.78, 5) is 45.7. The number of carbonyl (C=O) groups excluding carboxylic acids is 3. The Morgan fingerprint density at radius 1 is 1.12 bits per heavy atom. The van der Waals surface area contributed by atoms with Gasteiger partial charge in [-0.1, -0.05) is 12.1 Å².